The first kappa shape index (κ1) is 22.0. The van der Waals surface area contributed by atoms with E-state index in [9.17, 15) is 22.0 Å². The van der Waals surface area contributed by atoms with Crippen LogP contribution in [-0.2, 0) is 10.0 Å². The number of aromatic nitrogens is 4. The maximum Gasteiger partial charge on any atom is 0.261 e. The van der Waals surface area contributed by atoms with Crippen molar-refractivity contribution >= 4 is 27.3 Å². The molecular formula is C21H16F2N6O3S. The molecule has 12 heteroatoms. The predicted octanol–water partition coefficient (Wildman–Crippen LogP) is 3.30. The van der Waals surface area contributed by atoms with Crippen molar-refractivity contribution in [2.24, 2.45) is 0 Å². The van der Waals surface area contributed by atoms with Gasteiger partial charge in [-0.1, -0.05) is 12.1 Å². The standard InChI is InChI=1S/C21H16F2N6O3S/c1-13-25-27-28-29(13)20-12-15(8-11-18(20)23)24-21(30)14-6-9-16(10-7-14)33(31,32)26-19-5-3-2-4-17(19)22/h2-12,26H,1H3,(H,24,30). The minimum Gasteiger partial charge on any atom is -0.322 e. The lowest BCUT2D eigenvalue weighted by molar-refractivity contribution is 0.102. The first-order chi connectivity index (χ1) is 15.7. The van der Waals surface area contributed by atoms with E-state index in [1.165, 1.54) is 59.3 Å². The fraction of sp³-hybridized carbons (Fsp3) is 0.0476. The zero-order valence-corrected chi connectivity index (χ0v) is 17.8. The highest BCUT2D eigenvalue weighted by atomic mass is 32.2. The van der Waals surface area contributed by atoms with Gasteiger partial charge in [0.25, 0.3) is 15.9 Å². The van der Waals surface area contributed by atoms with Crippen LogP contribution in [0, 0.1) is 18.6 Å². The molecule has 0 spiro atoms. The monoisotopic (exact) mass is 470 g/mol. The van der Waals surface area contributed by atoms with Gasteiger partial charge in [-0.2, -0.15) is 4.68 Å². The van der Waals surface area contributed by atoms with Gasteiger partial charge in [0.05, 0.1) is 10.6 Å². The Morgan fingerprint density at radius 1 is 0.970 bits per heavy atom. The summed E-state index contributed by atoms with van der Waals surface area (Å²) in [5.74, 6) is -1.49. The second kappa shape index (κ2) is 8.74. The molecule has 0 radical (unpaired) electrons. The molecule has 0 aliphatic carbocycles. The van der Waals surface area contributed by atoms with Crippen LogP contribution >= 0.6 is 0 Å². The third-order valence-electron chi connectivity index (χ3n) is 4.60. The quantitative estimate of drug-likeness (QED) is 0.446. The van der Waals surface area contributed by atoms with Gasteiger partial charge in [-0.05, 0) is 71.9 Å². The van der Waals surface area contributed by atoms with E-state index >= 15 is 0 Å². The van der Waals surface area contributed by atoms with Crippen LogP contribution < -0.4 is 10.0 Å². The SMILES string of the molecule is Cc1nnnn1-c1cc(NC(=O)c2ccc(S(=O)(=O)Nc3ccccc3F)cc2)ccc1F. The van der Waals surface area contributed by atoms with E-state index in [1.807, 2.05) is 0 Å². The maximum absolute atomic E-state index is 14.2. The van der Waals surface area contributed by atoms with Crippen molar-refractivity contribution in [2.45, 2.75) is 11.8 Å². The minimum atomic E-state index is -4.06. The van der Waals surface area contributed by atoms with E-state index in [-0.39, 0.29) is 27.5 Å². The topological polar surface area (TPSA) is 119 Å². The number of anilines is 2. The fourth-order valence-electron chi connectivity index (χ4n) is 2.94. The molecule has 0 aliphatic heterocycles. The second-order valence-corrected chi connectivity index (χ2v) is 8.55. The summed E-state index contributed by atoms with van der Waals surface area (Å²) in [5.41, 5.74) is 0.300. The molecule has 0 fully saturated rings. The van der Waals surface area contributed by atoms with E-state index in [0.717, 1.165) is 12.1 Å². The summed E-state index contributed by atoms with van der Waals surface area (Å²) in [7, 11) is -4.06. The van der Waals surface area contributed by atoms with Crippen LogP contribution in [-0.4, -0.2) is 34.5 Å². The first-order valence-electron chi connectivity index (χ1n) is 9.48. The normalized spacial score (nSPS) is 11.2. The zero-order chi connectivity index (χ0) is 23.6. The number of hydrogen-bond acceptors (Lipinski definition) is 6. The molecular weight excluding hydrogens is 454 g/mol. The Morgan fingerprint density at radius 3 is 2.36 bits per heavy atom. The van der Waals surface area contributed by atoms with Gasteiger partial charge in [-0.25, -0.2) is 17.2 Å². The highest BCUT2D eigenvalue weighted by molar-refractivity contribution is 7.92. The number of halogens is 2. The molecule has 4 rings (SSSR count). The summed E-state index contributed by atoms with van der Waals surface area (Å²) >= 11 is 0. The van der Waals surface area contributed by atoms with Crippen LogP contribution in [0.3, 0.4) is 0 Å². The number of para-hydroxylation sites is 1. The van der Waals surface area contributed by atoms with Gasteiger partial charge in [-0.3, -0.25) is 9.52 Å². The number of hydrogen-bond donors (Lipinski definition) is 2. The average molecular weight is 470 g/mol. The number of rotatable bonds is 6. The zero-order valence-electron chi connectivity index (χ0n) is 17.0. The first-order valence-corrected chi connectivity index (χ1v) is 11.0. The summed E-state index contributed by atoms with van der Waals surface area (Å²) in [6.07, 6.45) is 0. The van der Waals surface area contributed by atoms with Gasteiger partial charge in [0, 0.05) is 11.3 Å². The minimum absolute atomic E-state index is 0.0518. The van der Waals surface area contributed by atoms with E-state index in [0.29, 0.717) is 5.82 Å². The summed E-state index contributed by atoms with van der Waals surface area (Å²) in [4.78, 5) is 12.4. The second-order valence-electron chi connectivity index (χ2n) is 6.87. The van der Waals surface area contributed by atoms with Crippen LogP contribution in [0.2, 0.25) is 0 Å². The molecule has 0 atom stereocenters. The maximum atomic E-state index is 14.2. The van der Waals surface area contributed by atoms with E-state index in [4.69, 9.17) is 0 Å². The molecule has 1 amide bonds. The van der Waals surface area contributed by atoms with E-state index in [1.54, 1.807) is 6.92 Å². The summed E-state index contributed by atoms with van der Waals surface area (Å²) in [6, 6.07) is 14.3. The highest BCUT2D eigenvalue weighted by Crippen LogP contribution is 2.21. The van der Waals surface area contributed by atoms with Gasteiger partial charge in [0.2, 0.25) is 0 Å². The van der Waals surface area contributed by atoms with Crippen LogP contribution in [0.4, 0.5) is 20.2 Å². The average Bonchev–Trinajstić information content (AvgIpc) is 3.22. The largest absolute Gasteiger partial charge is 0.322 e. The summed E-state index contributed by atoms with van der Waals surface area (Å²) < 4.78 is 56.3. The number of carbonyl (C=O) groups is 1. The van der Waals surface area contributed by atoms with Gasteiger partial charge in [0.15, 0.2) is 5.82 Å². The predicted molar refractivity (Wildman–Crippen MR) is 115 cm³/mol. The highest BCUT2D eigenvalue weighted by Gasteiger charge is 2.17. The smallest absolute Gasteiger partial charge is 0.261 e. The molecule has 0 saturated carbocycles. The van der Waals surface area contributed by atoms with Crippen LogP contribution in [0.5, 0.6) is 0 Å². The van der Waals surface area contributed by atoms with Gasteiger partial charge >= 0.3 is 0 Å². The molecule has 33 heavy (non-hydrogen) atoms. The molecule has 0 bridgehead atoms. The number of benzene rings is 3. The molecule has 3 aromatic carbocycles. The lowest BCUT2D eigenvalue weighted by Gasteiger charge is -2.11. The number of nitrogens with zero attached hydrogens (tertiary/aromatic N) is 4. The Morgan fingerprint density at radius 2 is 1.70 bits per heavy atom. The third kappa shape index (κ3) is 4.70. The van der Waals surface area contributed by atoms with Crippen molar-refractivity contribution in [1.29, 1.82) is 0 Å². The Hall–Kier alpha value is -4.19. The molecule has 0 saturated heterocycles. The van der Waals surface area contributed by atoms with Crippen molar-refractivity contribution in [1.82, 2.24) is 20.2 Å². The van der Waals surface area contributed by atoms with Crippen molar-refractivity contribution < 1.29 is 22.0 Å². The number of tetrazole rings is 1. The van der Waals surface area contributed by atoms with Crippen molar-refractivity contribution in [3.05, 3.63) is 89.8 Å². The molecule has 1 heterocycles. The van der Waals surface area contributed by atoms with Crippen LogP contribution in [0.25, 0.3) is 5.69 Å². The van der Waals surface area contributed by atoms with Crippen LogP contribution in [0.15, 0.2) is 71.6 Å². The summed E-state index contributed by atoms with van der Waals surface area (Å²) in [5, 5.41) is 13.5. The van der Waals surface area contributed by atoms with E-state index in [2.05, 4.69) is 25.6 Å². The van der Waals surface area contributed by atoms with Crippen molar-refractivity contribution in [3.8, 4) is 5.69 Å². The number of amides is 1. The molecule has 2 N–H and O–H groups in total. The molecule has 0 aliphatic rings. The van der Waals surface area contributed by atoms with Crippen molar-refractivity contribution in [2.75, 3.05) is 10.0 Å². The van der Waals surface area contributed by atoms with Gasteiger partial charge < -0.3 is 5.32 Å². The van der Waals surface area contributed by atoms with E-state index < -0.39 is 27.6 Å². The Kier molecular flexibility index (Phi) is 5.84. The number of nitrogens with one attached hydrogen (secondary N) is 2. The number of aryl methyl sites for hydroxylation is 1. The Balaban J connectivity index is 1.51. The number of carbonyl (C=O) groups excluding carboxylic acids is 1. The lowest BCUT2D eigenvalue weighted by Crippen LogP contribution is -2.15. The lowest BCUT2D eigenvalue weighted by atomic mass is 10.2. The number of sulfonamides is 1. The van der Waals surface area contributed by atoms with Gasteiger partial charge in [-0.15, -0.1) is 5.10 Å². The molecule has 4 aromatic rings. The Labute approximate surface area is 187 Å². The molecule has 9 nitrogen and oxygen atoms in total. The fourth-order valence-corrected chi connectivity index (χ4v) is 4.01. The van der Waals surface area contributed by atoms with Crippen molar-refractivity contribution in [3.63, 3.8) is 0 Å². The molecule has 1 aromatic heterocycles. The summed E-state index contributed by atoms with van der Waals surface area (Å²) in [6.45, 7) is 1.60. The Bertz CT molecular complexity index is 1440. The van der Waals surface area contributed by atoms with Crippen LogP contribution in [0.1, 0.15) is 16.2 Å². The molecule has 0 unspecified atom stereocenters. The van der Waals surface area contributed by atoms with Gasteiger partial charge in [0.1, 0.15) is 17.3 Å². The third-order valence-corrected chi connectivity index (χ3v) is 5.98. The molecule has 168 valence electrons.